The quantitative estimate of drug-likeness (QED) is 0.324. The smallest absolute Gasteiger partial charge is 0.295 e. The lowest BCUT2D eigenvalue weighted by atomic mass is 9.94. The Morgan fingerprint density at radius 2 is 1.59 bits per heavy atom. The summed E-state index contributed by atoms with van der Waals surface area (Å²) in [6.07, 6.45) is 0. The SMILES string of the molecule is CCN(CC)CCN1C(=O)C(=O)/C(=C(/O)c2c(OC)cccc2OC)C1c1cccc(OC)c1. The molecule has 0 spiro atoms. The van der Waals surface area contributed by atoms with E-state index < -0.39 is 17.7 Å². The van der Waals surface area contributed by atoms with Crippen LogP contribution in [0.1, 0.15) is 31.0 Å². The molecule has 0 bridgehead atoms. The van der Waals surface area contributed by atoms with Crippen LogP contribution in [0.25, 0.3) is 5.76 Å². The van der Waals surface area contributed by atoms with Crippen LogP contribution in [0.3, 0.4) is 0 Å². The molecule has 1 amide bonds. The van der Waals surface area contributed by atoms with Gasteiger partial charge in [0.2, 0.25) is 0 Å². The average Bonchev–Trinajstić information content (AvgIpc) is 3.13. The maximum Gasteiger partial charge on any atom is 0.295 e. The summed E-state index contributed by atoms with van der Waals surface area (Å²) in [4.78, 5) is 30.2. The van der Waals surface area contributed by atoms with Crippen LogP contribution < -0.4 is 14.2 Å². The first-order chi connectivity index (χ1) is 16.4. The highest BCUT2D eigenvalue weighted by atomic mass is 16.5. The van der Waals surface area contributed by atoms with Gasteiger partial charge in [0, 0.05) is 13.1 Å². The molecule has 0 radical (unpaired) electrons. The number of benzene rings is 2. The zero-order chi connectivity index (χ0) is 24.8. The number of hydrogen-bond donors (Lipinski definition) is 1. The van der Waals surface area contributed by atoms with E-state index in [2.05, 4.69) is 4.90 Å². The van der Waals surface area contributed by atoms with Gasteiger partial charge in [-0.1, -0.05) is 32.0 Å². The maximum atomic E-state index is 13.3. The molecular formula is C26H32N2O6. The highest BCUT2D eigenvalue weighted by Gasteiger charge is 2.46. The summed E-state index contributed by atoms with van der Waals surface area (Å²) in [5, 5.41) is 11.5. The third-order valence-corrected chi connectivity index (χ3v) is 6.17. The van der Waals surface area contributed by atoms with Gasteiger partial charge in [0.1, 0.15) is 28.6 Å². The third-order valence-electron chi connectivity index (χ3n) is 6.17. The number of methoxy groups -OCH3 is 3. The molecule has 1 heterocycles. The zero-order valence-electron chi connectivity index (χ0n) is 20.3. The van der Waals surface area contributed by atoms with Crippen molar-refractivity contribution in [1.29, 1.82) is 0 Å². The molecule has 0 aliphatic carbocycles. The summed E-state index contributed by atoms with van der Waals surface area (Å²) in [5.74, 6) is -0.508. The number of nitrogens with zero attached hydrogens (tertiary/aromatic N) is 2. The van der Waals surface area contributed by atoms with Gasteiger partial charge in [-0.2, -0.15) is 0 Å². The van der Waals surface area contributed by atoms with Gasteiger partial charge in [-0.3, -0.25) is 9.59 Å². The highest BCUT2D eigenvalue weighted by Crippen LogP contribution is 2.43. The van der Waals surface area contributed by atoms with Crippen molar-refractivity contribution in [3.63, 3.8) is 0 Å². The molecule has 1 fully saturated rings. The lowest BCUT2D eigenvalue weighted by molar-refractivity contribution is -0.140. The average molecular weight is 469 g/mol. The van der Waals surface area contributed by atoms with E-state index in [1.54, 1.807) is 43.5 Å². The molecule has 8 heteroatoms. The molecule has 2 aromatic rings. The fourth-order valence-corrected chi connectivity index (χ4v) is 4.28. The highest BCUT2D eigenvalue weighted by molar-refractivity contribution is 6.46. The van der Waals surface area contributed by atoms with Gasteiger partial charge in [-0.05, 0) is 42.9 Å². The van der Waals surface area contributed by atoms with Crippen LogP contribution in [0.2, 0.25) is 0 Å². The summed E-state index contributed by atoms with van der Waals surface area (Å²) in [7, 11) is 4.48. The zero-order valence-corrected chi connectivity index (χ0v) is 20.3. The van der Waals surface area contributed by atoms with Crippen molar-refractivity contribution in [3.8, 4) is 17.2 Å². The summed E-state index contributed by atoms with van der Waals surface area (Å²) >= 11 is 0. The molecule has 1 saturated heterocycles. The molecule has 34 heavy (non-hydrogen) atoms. The lowest BCUT2D eigenvalue weighted by Crippen LogP contribution is -2.38. The van der Waals surface area contributed by atoms with Crippen molar-refractivity contribution in [3.05, 3.63) is 59.2 Å². The summed E-state index contributed by atoms with van der Waals surface area (Å²) in [6.45, 7) is 6.66. The molecule has 0 aromatic heterocycles. The summed E-state index contributed by atoms with van der Waals surface area (Å²) < 4.78 is 16.2. The van der Waals surface area contributed by atoms with Gasteiger partial charge in [0.05, 0.1) is 32.9 Å². The van der Waals surface area contributed by atoms with Crippen molar-refractivity contribution in [2.45, 2.75) is 19.9 Å². The minimum Gasteiger partial charge on any atom is -0.506 e. The predicted molar refractivity (Wildman–Crippen MR) is 129 cm³/mol. The Bertz CT molecular complexity index is 1050. The van der Waals surface area contributed by atoms with Gasteiger partial charge < -0.3 is 29.1 Å². The monoisotopic (exact) mass is 468 g/mol. The predicted octanol–water partition coefficient (Wildman–Crippen LogP) is 3.48. The van der Waals surface area contributed by atoms with E-state index in [0.29, 0.717) is 35.9 Å². The van der Waals surface area contributed by atoms with Crippen molar-refractivity contribution < 1.29 is 28.9 Å². The first-order valence-electron chi connectivity index (χ1n) is 11.3. The number of Topliss-reactive ketones (excluding diaryl/α,β-unsaturated/α-hetero) is 1. The number of aliphatic hydroxyl groups excluding tert-OH is 1. The number of carbonyl (C=O) groups is 2. The number of ether oxygens (including phenoxy) is 3. The van der Waals surface area contributed by atoms with Crippen molar-refractivity contribution in [2.24, 2.45) is 0 Å². The van der Waals surface area contributed by atoms with Gasteiger partial charge in [-0.15, -0.1) is 0 Å². The topological polar surface area (TPSA) is 88.5 Å². The second-order valence-electron chi connectivity index (χ2n) is 7.83. The number of rotatable bonds is 10. The Labute approximate surface area is 200 Å². The normalized spacial score (nSPS) is 17.4. The molecule has 1 aliphatic rings. The molecular weight excluding hydrogens is 436 g/mol. The number of hydrogen-bond acceptors (Lipinski definition) is 7. The van der Waals surface area contributed by atoms with Gasteiger partial charge >= 0.3 is 0 Å². The number of likely N-dealkylation sites (tertiary alicyclic amines) is 1. The maximum absolute atomic E-state index is 13.3. The van der Waals surface area contributed by atoms with Crippen LogP contribution in [0.4, 0.5) is 0 Å². The molecule has 0 saturated carbocycles. The standard InChI is InChI=1S/C26H32N2O6/c1-6-27(7-2)14-15-28-23(17-10-8-11-18(16-17)32-3)22(25(30)26(28)31)24(29)21-19(33-4)12-9-13-20(21)34-5/h8-13,16,23,29H,6-7,14-15H2,1-5H3/b24-22+. The minimum atomic E-state index is -0.791. The molecule has 3 rings (SSSR count). The number of ketones is 1. The summed E-state index contributed by atoms with van der Waals surface area (Å²) in [5.41, 5.74) is 0.872. The van der Waals surface area contributed by atoms with Crippen molar-refractivity contribution >= 4 is 17.4 Å². The molecule has 2 aromatic carbocycles. The van der Waals surface area contributed by atoms with E-state index in [-0.39, 0.29) is 16.9 Å². The first kappa shape index (κ1) is 25.1. The van der Waals surface area contributed by atoms with Crippen molar-refractivity contribution in [2.75, 3.05) is 47.5 Å². The van der Waals surface area contributed by atoms with E-state index >= 15 is 0 Å². The first-order valence-corrected chi connectivity index (χ1v) is 11.3. The Hall–Kier alpha value is -3.52. The van der Waals surface area contributed by atoms with Crippen LogP contribution in [-0.2, 0) is 9.59 Å². The van der Waals surface area contributed by atoms with Crippen LogP contribution >= 0.6 is 0 Å². The number of amides is 1. The molecule has 1 atom stereocenters. The second kappa shape index (κ2) is 11.1. The Kier molecular flexibility index (Phi) is 8.17. The Morgan fingerprint density at radius 1 is 0.971 bits per heavy atom. The molecule has 1 aliphatic heterocycles. The second-order valence-corrected chi connectivity index (χ2v) is 7.83. The van der Waals surface area contributed by atoms with E-state index in [0.717, 1.165) is 13.1 Å². The Morgan fingerprint density at radius 3 is 2.15 bits per heavy atom. The van der Waals surface area contributed by atoms with Gasteiger partial charge in [-0.25, -0.2) is 0 Å². The fraction of sp³-hybridized carbons (Fsp3) is 0.385. The minimum absolute atomic E-state index is 0.0133. The number of likely N-dealkylation sites (N-methyl/N-ethyl adjacent to an activating group) is 1. The Balaban J connectivity index is 2.22. The van der Waals surface area contributed by atoms with Crippen LogP contribution in [0.15, 0.2) is 48.0 Å². The molecule has 1 N–H and O–H groups in total. The lowest BCUT2D eigenvalue weighted by Gasteiger charge is -2.28. The van der Waals surface area contributed by atoms with E-state index in [1.165, 1.54) is 19.1 Å². The molecule has 1 unspecified atom stereocenters. The van der Waals surface area contributed by atoms with Crippen LogP contribution in [-0.4, -0.2) is 74.1 Å². The largest absolute Gasteiger partial charge is 0.506 e. The number of aliphatic hydroxyl groups is 1. The van der Waals surface area contributed by atoms with E-state index in [1.807, 2.05) is 19.9 Å². The number of carbonyl (C=O) groups excluding carboxylic acids is 2. The van der Waals surface area contributed by atoms with Gasteiger partial charge in [0.15, 0.2) is 0 Å². The van der Waals surface area contributed by atoms with E-state index in [4.69, 9.17) is 14.2 Å². The third kappa shape index (κ3) is 4.72. The fourth-order valence-electron chi connectivity index (χ4n) is 4.28. The van der Waals surface area contributed by atoms with Crippen molar-refractivity contribution in [1.82, 2.24) is 9.80 Å². The van der Waals surface area contributed by atoms with Gasteiger partial charge in [0.25, 0.3) is 11.7 Å². The van der Waals surface area contributed by atoms with Crippen LogP contribution in [0, 0.1) is 0 Å². The molecule has 182 valence electrons. The van der Waals surface area contributed by atoms with Crippen LogP contribution in [0.5, 0.6) is 17.2 Å². The van der Waals surface area contributed by atoms with E-state index in [9.17, 15) is 14.7 Å². The summed E-state index contributed by atoms with van der Waals surface area (Å²) in [6, 6.07) is 11.4. The molecule has 8 nitrogen and oxygen atoms in total.